The van der Waals surface area contributed by atoms with Gasteiger partial charge >= 0.3 is 6.09 Å². The molecule has 0 N–H and O–H groups in total. The maximum atomic E-state index is 12.5. The van der Waals surface area contributed by atoms with Crippen LogP contribution in [0.2, 0.25) is 0 Å². The predicted octanol–water partition coefficient (Wildman–Crippen LogP) is 5.86. The number of rotatable bonds is 6. The highest BCUT2D eigenvalue weighted by atomic mass is 16.6. The lowest BCUT2D eigenvalue weighted by Crippen LogP contribution is -2.29. The van der Waals surface area contributed by atoms with E-state index in [1.54, 1.807) is 0 Å². The summed E-state index contributed by atoms with van der Waals surface area (Å²) in [5.74, 6) is 0.415. The van der Waals surface area contributed by atoms with Gasteiger partial charge in [0, 0.05) is 55.1 Å². The Morgan fingerprint density at radius 1 is 1.06 bits per heavy atom. The summed E-state index contributed by atoms with van der Waals surface area (Å²) >= 11 is 0. The molecule has 2 aliphatic heterocycles. The Morgan fingerprint density at radius 2 is 1.97 bits per heavy atom. The van der Waals surface area contributed by atoms with Crippen LogP contribution in [0.5, 0.6) is 0 Å². The van der Waals surface area contributed by atoms with Crippen LogP contribution < -0.4 is 0 Å². The van der Waals surface area contributed by atoms with Crippen molar-refractivity contribution in [2.75, 3.05) is 19.7 Å². The van der Waals surface area contributed by atoms with Crippen molar-refractivity contribution < 1.29 is 14.3 Å². The van der Waals surface area contributed by atoms with E-state index in [-0.39, 0.29) is 12.3 Å². The number of benzene rings is 2. The molecule has 2 saturated heterocycles. The summed E-state index contributed by atoms with van der Waals surface area (Å²) in [5, 5.41) is 5.78. The largest absolute Gasteiger partial charge is 0.445 e. The fraction of sp³-hybridized carbons (Fsp3) is 0.379. The number of likely N-dealkylation sites (tertiary alicyclic amines) is 1. The lowest BCUT2D eigenvalue weighted by atomic mass is 10.1. The van der Waals surface area contributed by atoms with E-state index in [1.165, 1.54) is 17.3 Å². The van der Waals surface area contributed by atoms with Crippen molar-refractivity contribution in [2.45, 2.75) is 45.1 Å². The summed E-state index contributed by atoms with van der Waals surface area (Å²) < 4.78 is 15.7. The first-order chi connectivity index (χ1) is 17.7. The molecule has 7 heteroatoms. The van der Waals surface area contributed by atoms with Crippen LogP contribution in [0.25, 0.3) is 22.0 Å². The summed E-state index contributed by atoms with van der Waals surface area (Å²) in [6.07, 6.45) is 10.3. The quantitative estimate of drug-likeness (QED) is 0.344. The molecular weight excluding hydrogens is 452 g/mol. The van der Waals surface area contributed by atoms with E-state index in [0.29, 0.717) is 12.5 Å². The molecule has 2 aromatic heterocycles. The zero-order valence-corrected chi connectivity index (χ0v) is 20.5. The Kier molecular flexibility index (Phi) is 6.47. The molecule has 4 aromatic rings. The third-order valence-corrected chi connectivity index (χ3v) is 7.36. The molecular formula is C29H32N4O3. The van der Waals surface area contributed by atoms with Gasteiger partial charge in [-0.05, 0) is 60.9 Å². The molecule has 2 aromatic carbocycles. The number of carbonyl (C=O) groups is 1. The SMILES string of the molecule is O=C(OCc1ccccc1)N1CCC(Cn2ccc3cc(-c4cnn(C5CCCCO5)c4)ccc32)C1. The molecule has 2 unspecified atom stereocenters. The highest BCUT2D eigenvalue weighted by Crippen LogP contribution is 2.29. The molecule has 2 aliphatic rings. The second kappa shape index (κ2) is 10.2. The van der Waals surface area contributed by atoms with Crippen LogP contribution >= 0.6 is 0 Å². The van der Waals surface area contributed by atoms with Gasteiger partial charge in [0.2, 0.25) is 0 Å². The molecule has 0 radical (unpaired) electrons. The first-order valence-electron chi connectivity index (χ1n) is 12.9. The molecule has 0 spiro atoms. The van der Waals surface area contributed by atoms with Gasteiger partial charge in [0.05, 0.1) is 6.20 Å². The summed E-state index contributed by atoms with van der Waals surface area (Å²) in [6, 6.07) is 18.6. The Labute approximate surface area is 211 Å². The maximum absolute atomic E-state index is 12.5. The summed E-state index contributed by atoms with van der Waals surface area (Å²) in [4.78, 5) is 14.4. The van der Waals surface area contributed by atoms with E-state index in [2.05, 4.69) is 46.3 Å². The van der Waals surface area contributed by atoms with Gasteiger partial charge in [-0.1, -0.05) is 36.4 Å². The summed E-state index contributed by atoms with van der Waals surface area (Å²) in [5.41, 5.74) is 4.50. The molecule has 6 rings (SSSR count). The summed E-state index contributed by atoms with van der Waals surface area (Å²) in [6.45, 7) is 3.50. The minimum Gasteiger partial charge on any atom is -0.445 e. The van der Waals surface area contributed by atoms with Gasteiger partial charge < -0.3 is 18.9 Å². The molecule has 4 heterocycles. The highest BCUT2D eigenvalue weighted by molar-refractivity contribution is 5.85. The van der Waals surface area contributed by atoms with Crippen molar-refractivity contribution in [2.24, 2.45) is 5.92 Å². The number of hydrogen-bond acceptors (Lipinski definition) is 4. The Bertz CT molecular complexity index is 1320. The van der Waals surface area contributed by atoms with E-state index in [9.17, 15) is 4.79 Å². The first kappa shape index (κ1) is 22.9. The number of hydrogen-bond donors (Lipinski definition) is 0. The molecule has 36 heavy (non-hydrogen) atoms. The minimum atomic E-state index is -0.220. The van der Waals surface area contributed by atoms with Gasteiger partial charge in [-0.15, -0.1) is 0 Å². The van der Waals surface area contributed by atoms with Crippen LogP contribution in [0.3, 0.4) is 0 Å². The van der Waals surface area contributed by atoms with Gasteiger partial charge in [0.15, 0.2) is 0 Å². The van der Waals surface area contributed by atoms with E-state index < -0.39 is 0 Å². The predicted molar refractivity (Wildman–Crippen MR) is 138 cm³/mol. The smallest absolute Gasteiger partial charge is 0.410 e. The zero-order chi connectivity index (χ0) is 24.3. The Hall–Kier alpha value is -3.58. The van der Waals surface area contributed by atoms with Crippen molar-refractivity contribution >= 4 is 17.0 Å². The molecule has 2 atom stereocenters. The average molecular weight is 485 g/mol. The standard InChI is InChI=1S/C29H32N4O3/c34-29(36-21-22-6-2-1-3-7-22)32-13-11-23(19-32)18-31-14-12-25-16-24(9-10-27(25)31)26-17-30-33(20-26)28-8-4-5-15-35-28/h1-3,6-7,9-10,12,14,16-17,20,23,28H,4-5,8,11,13,15,18-19,21H2. The molecule has 2 fully saturated rings. The van der Waals surface area contributed by atoms with E-state index in [0.717, 1.165) is 62.2 Å². The highest BCUT2D eigenvalue weighted by Gasteiger charge is 2.27. The number of nitrogens with zero attached hydrogens (tertiary/aromatic N) is 4. The van der Waals surface area contributed by atoms with Gasteiger partial charge in [-0.3, -0.25) is 0 Å². The second-order valence-corrected chi connectivity index (χ2v) is 9.91. The van der Waals surface area contributed by atoms with Crippen molar-refractivity contribution in [3.63, 3.8) is 0 Å². The van der Waals surface area contributed by atoms with E-state index in [4.69, 9.17) is 9.47 Å². The fourth-order valence-corrected chi connectivity index (χ4v) is 5.35. The maximum Gasteiger partial charge on any atom is 0.410 e. The Balaban J connectivity index is 1.08. The third-order valence-electron chi connectivity index (χ3n) is 7.36. The topological polar surface area (TPSA) is 61.5 Å². The van der Waals surface area contributed by atoms with Crippen molar-refractivity contribution in [1.29, 1.82) is 0 Å². The monoisotopic (exact) mass is 484 g/mol. The molecule has 0 saturated carbocycles. The van der Waals surface area contributed by atoms with Crippen molar-refractivity contribution in [3.8, 4) is 11.1 Å². The van der Waals surface area contributed by atoms with E-state index >= 15 is 0 Å². The van der Waals surface area contributed by atoms with Gasteiger partial charge in [0.25, 0.3) is 0 Å². The molecule has 0 bridgehead atoms. The van der Waals surface area contributed by atoms with Crippen molar-refractivity contribution in [1.82, 2.24) is 19.2 Å². The molecule has 186 valence electrons. The normalized spacial score (nSPS) is 20.2. The van der Waals surface area contributed by atoms with Crippen LogP contribution in [-0.4, -0.2) is 45.0 Å². The van der Waals surface area contributed by atoms with Gasteiger partial charge in [-0.25, -0.2) is 9.48 Å². The fourth-order valence-electron chi connectivity index (χ4n) is 5.35. The lowest BCUT2D eigenvalue weighted by Gasteiger charge is -2.22. The zero-order valence-electron chi connectivity index (χ0n) is 20.5. The van der Waals surface area contributed by atoms with Crippen LogP contribution in [-0.2, 0) is 22.6 Å². The second-order valence-electron chi connectivity index (χ2n) is 9.91. The number of fused-ring (bicyclic) bond motifs is 1. The number of carbonyl (C=O) groups excluding carboxylic acids is 1. The van der Waals surface area contributed by atoms with Crippen LogP contribution in [0, 0.1) is 5.92 Å². The third kappa shape index (κ3) is 4.88. The van der Waals surface area contributed by atoms with Gasteiger partial charge in [0.1, 0.15) is 12.8 Å². The van der Waals surface area contributed by atoms with E-state index in [1.807, 2.05) is 46.1 Å². The first-order valence-corrected chi connectivity index (χ1v) is 12.9. The molecule has 0 aliphatic carbocycles. The van der Waals surface area contributed by atoms with Gasteiger partial charge in [-0.2, -0.15) is 5.10 Å². The average Bonchev–Trinajstić information content (AvgIpc) is 3.69. The molecule has 1 amide bonds. The van der Waals surface area contributed by atoms with Crippen LogP contribution in [0.1, 0.15) is 37.5 Å². The number of amides is 1. The Morgan fingerprint density at radius 3 is 2.83 bits per heavy atom. The van der Waals surface area contributed by atoms with Crippen molar-refractivity contribution in [3.05, 3.63) is 78.8 Å². The number of ether oxygens (including phenoxy) is 2. The van der Waals surface area contributed by atoms with Crippen LogP contribution in [0.15, 0.2) is 73.2 Å². The lowest BCUT2D eigenvalue weighted by molar-refractivity contribution is -0.0394. The summed E-state index contributed by atoms with van der Waals surface area (Å²) in [7, 11) is 0. The number of aromatic nitrogens is 3. The minimum absolute atomic E-state index is 0.0545. The van der Waals surface area contributed by atoms with Crippen LogP contribution in [0.4, 0.5) is 4.79 Å². The molecule has 7 nitrogen and oxygen atoms in total.